The third kappa shape index (κ3) is 5.41. The maximum absolute atomic E-state index is 6.42. The van der Waals surface area contributed by atoms with E-state index in [9.17, 15) is 0 Å². The van der Waals surface area contributed by atoms with E-state index in [-0.39, 0.29) is 24.8 Å². The fraction of sp³-hybridized carbons (Fsp3) is 0.353. The van der Waals surface area contributed by atoms with Gasteiger partial charge in [-0.25, -0.2) is 0 Å². The molecule has 0 N–H and O–H groups in total. The molecule has 116 valence electrons. The molecule has 0 radical (unpaired) electrons. The Balaban J connectivity index is 0.00000200. The van der Waals surface area contributed by atoms with Crippen LogP contribution in [0, 0.1) is 13.8 Å². The van der Waals surface area contributed by atoms with Crippen LogP contribution in [0.4, 0.5) is 0 Å². The van der Waals surface area contributed by atoms with Crippen molar-refractivity contribution < 1.29 is 21.1 Å². The average Bonchev–Trinajstić information content (AvgIpc) is 2.70. The van der Waals surface area contributed by atoms with Crippen molar-refractivity contribution in [1.29, 1.82) is 0 Å². The summed E-state index contributed by atoms with van der Waals surface area (Å²) in [5.41, 5.74) is 3.97. The van der Waals surface area contributed by atoms with Crippen LogP contribution in [0.1, 0.15) is 38.3 Å². The topological polar surface area (TPSA) is 9.23 Å². The number of hydrogen-bond acceptors (Lipinski definition) is 1. The fourth-order valence-electron chi connectivity index (χ4n) is 2.46. The Morgan fingerprint density at radius 2 is 1.57 bits per heavy atom. The van der Waals surface area contributed by atoms with Crippen molar-refractivity contribution in [3.05, 3.63) is 50.9 Å². The SMILES string of the molecule is CC1=[C]([Ti]([O]c2cc(C)cc(C)c2)=[C](C)C)CC=C1.Cl.Cl. The molecule has 1 aromatic rings. The zero-order valence-electron chi connectivity index (χ0n) is 13.3. The monoisotopic (exact) mass is 362 g/mol. The van der Waals surface area contributed by atoms with Gasteiger partial charge in [-0.1, -0.05) is 0 Å². The molecule has 21 heavy (non-hydrogen) atoms. The Kier molecular flexibility index (Phi) is 8.81. The molecule has 1 aliphatic rings. The minimum atomic E-state index is -1.76. The molecule has 0 atom stereocenters. The molecule has 1 aromatic carbocycles. The van der Waals surface area contributed by atoms with Crippen LogP contribution in [0.25, 0.3) is 0 Å². The Morgan fingerprint density at radius 1 is 1.00 bits per heavy atom. The first kappa shape index (κ1) is 20.7. The molecular weight excluding hydrogens is 339 g/mol. The summed E-state index contributed by atoms with van der Waals surface area (Å²) >= 11 is -1.76. The van der Waals surface area contributed by atoms with Gasteiger partial charge in [0, 0.05) is 0 Å². The molecule has 0 amide bonds. The maximum Gasteiger partial charge on any atom is -0.147 e. The van der Waals surface area contributed by atoms with E-state index in [2.05, 4.69) is 65.0 Å². The van der Waals surface area contributed by atoms with Gasteiger partial charge in [0.05, 0.1) is 0 Å². The molecule has 0 aromatic heterocycles. The summed E-state index contributed by atoms with van der Waals surface area (Å²) in [6, 6.07) is 6.50. The fourth-order valence-corrected chi connectivity index (χ4v) is 5.63. The first-order valence-electron chi connectivity index (χ1n) is 6.77. The van der Waals surface area contributed by atoms with Gasteiger partial charge in [0.25, 0.3) is 0 Å². The molecule has 0 unspecified atom stereocenters. The molecule has 0 spiro atoms. The van der Waals surface area contributed by atoms with Gasteiger partial charge in [-0.3, -0.25) is 0 Å². The number of hydrogen-bond donors (Lipinski definition) is 0. The van der Waals surface area contributed by atoms with Gasteiger partial charge in [0.1, 0.15) is 0 Å². The summed E-state index contributed by atoms with van der Waals surface area (Å²) in [5, 5.41) is 0. The van der Waals surface area contributed by atoms with Gasteiger partial charge >= 0.3 is 123 Å². The number of aryl methyl sites for hydroxylation is 2. The Bertz CT molecular complexity index is 577. The van der Waals surface area contributed by atoms with Crippen LogP contribution in [0.5, 0.6) is 5.75 Å². The Morgan fingerprint density at radius 3 is 2.00 bits per heavy atom. The average molecular weight is 363 g/mol. The summed E-state index contributed by atoms with van der Waals surface area (Å²) in [4.78, 5) is 0. The van der Waals surface area contributed by atoms with Crippen molar-refractivity contribution in [1.82, 2.24) is 0 Å². The van der Waals surface area contributed by atoms with Crippen LogP contribution in [0.2, 0.25) is 0 Å². The zero-order chi connectivity index (χ0) is 14.0. The van der Waals surface area contributed by atoms with E-state index >= 15 is 0 Å². The summed E-state index contributed by atoms with van der Waals surface area (Å²) in [6.07, 6.45) is 5.57. The zero-order valence-corrected chi connectivity index (χ0v) is 16.5. The van der Waals surface area contributed by atoms with Gasteiger partial charge < -0.3 is 0 Å². The Hall–Kier alpha value is -0.336. The molecule has 2 rings (SSSR count). The van der Waals surface area contributed by atoms with Crippen LogP contribution in [0.15, 0.2) is 39.8 Å². The number of allylic oxidation sites excluding steroid dienone is 4. The third-order valence-corrected chi connectivity index (χ3v) is 7.20. The van der Waals surface area contributed by atoms with Crippen LogP contribution in [0.3, 0.4) is 0 Å². The minimum Gasteiger partial charge on any atom is -0.147 e. The maximum atomic E-state index is 6.42. The minimum absolute atomic E-state index is 0. The van der Waals surface area contributed by atoms with E-state index in [1.807, 2.05) is 0 Å². The normalized spacial score (nSPS) is 12.6. The molecule has 0 fully saturated rings. The van der Waals surface area contributed by atoms with Gasteiger partial charge in [0.15, 0.2) is 0 Å². The molecule has 0 heterocycles. The molecule has 4 heteroatoms. The second-order valence-corrected chi connectivity index (χ2v) is 9.37. The van der Waals surface area contributed by atoms with Gasteiger partial charge in [-0.2, -0.15) is 0 Å². The van der Waals surface area contributed by atoms with E-state index in [0.717, 1.165) is 12.2 Å². The third-order valence-electron chi connectivity index (χ3n) is 3.31. The first-order valence-corrected chi connectivity index (χ1v) is 8.97. The molecule has 1 nitrogen and oxygen atoms in total. The van der Waals surface area contributed by atoms with Crippen molar-refractivity contribution in [2.24, 2.45) is 0 Å². The molecule has 0 bridgehead atoms. The quantitative estimate of drug-likeness (QED) is 0.644. The van der Waals surface area contributed by atoms with Crippen LogP contribution in [-0.4, -0.2) is 3.81 Å². The van der Waals surface area contributed by atoms with E-state index < -0.39 is 17.8 Å². The summed E-state index contributed by atoms with van der Waals surface area (Å²) < 4.78 is 9.45. The van der Waals surface area contributed by atoms with Crippen molar-refractivity contribution in [2.45, 2.75) is 41.0 Å². The predicted octanol–water partition coefficient (Wildman–Crippen LogP) is 5.51. The van der Waals surface area contributed by atoms with Gasteiger partial charge in [0.2, 0.25) is 0 Å². The molecule has 0 saturated heterocycles. The van der Waals surface area contributed by atoms with Crippen molar-refractivity contribution >= 4 is 28.6 Å². The van der Waals surface area contributed by atoms with Crippen LogP contribution in [-0.2, 0) is 17.8 Å². The summed E-state index contributed by atoms with van der Waals surface area (Å²) in [6.45, 7) is 10.9. The van der Waals surface area contributed by atoms with Crippen LogP contribution >= 0.6 is 24.8 Å². The number of rotatable bonds is 3. The van der Waals surface area contributed by atoms with Crippen molar-refractivity contribution in [3.63, 3.8) is 0 Å². The second kappa shape index (κ2) is 8.95. The summed E-state index contributed by atoms with van der Waals surface area (Å²) in [5.74, 6) is 1.04. The standard InChI is InChI=1S/C8H10O.C6H7.C3H6.2ClH.Ti/c1-6-3-7(2)5-8(9)4-6;1-6-4-2-3-5-6;1-3-2;;;/h3-5,9H,1-2H3;2,4H,3H2,1H3;1-2H3;2*1H;/q;;;;;+1/p-1. The van der Waals surface area contributed by atoms with Crippen molar-refractivity contribution in [3.8, 4) is 5.75 Å². The smallest absolute Gasteiger partial charge is 0.147 e. The summed E-state index contributed by atoms with van der Waals surface area (Å²) in [7, 11) is 0. The molecular formula is C17H24Cl2OTi. The Labute approximate surface area is 147 Å². The molecule has 0 saturated carbocycles. The van der Waals surface area contributed by atoms with Crippen LogP contribution < -0.4 is 3.32 Å². The largest absolute Gasteiger partial charge is 0.147 e. The van der Waals surface area contributed by atoms with E-state index in [4.69, 9.17) is 3.32 Å². The van der Waals surface area contributed by atoms with E-state index in [0.29, 0.717) is 0 Å². The number of halogens is 2. The molecule has 1 aliphatic carbocycles. The van der Waals surface area contributed by atoms with Gasteiger partial charge in [-0.05, 0) is 0 Å². The molecule has 0 aliphatic heterocycles. The van der Waals surface area contributed by atoms with Crippen molar-refractivity contribution in [2.75, 3.05) is 0 Å². The number of benzene rings is 1. The predicted molar refractivity (Wildman–Crippen MR) is 93.9 cm³/mol. The van der Waals surface area contributed by atoms with Gasteiger partial charge in [-0.15, -0.1) is 24.8 Å². The first-order chi connectivity index (χ1) is 8.97. The second-order valence-electron chi connectivity index (χ2n) is 5.52. The van der Waals surface area contributed by atoms with E-state index in [1.165, 1.54) is 20.5 Å². The van der Waals surface area contributed by atoms with E-state index in [1.54, 1.807) is 3.88 Å².